The molecule has 19 heavy (non-hydrogen) atoms. The summed E-state index contributed by atoms with van der Waals surface area (Å²) in [6, 6.07) is 5.14. The fraction of sp³-hybridized carbons (Fsp3) is 0.500. The Morgan fingerprint density at radius 3 is 2.79 bits per heavy atom. The number of nitrogens with two attached hydrogens (primary N) is 1. The van der Waals surface area contributed by atoms with Gasteiger partial charge in [0, 0.05) is 24.7 Å². The highest BCUT2D eigenvalue weighted by Crippen LogP contribution is 2.35. The van der Waals surface area contributed by atoms with Crippen LogP contribution in [-0.2, 0) is 0 Å². The minimum absolute atomic E-state index is 0.0733. The summed E-state index contributed by atoms with van der Waals surface area (Å²) in [4.78, 5) is 14.2. The zero-order valence-electron chi connectivity index (χ0n) is 11.2. The fourth-order valence-corrected chi connectivity index (χ4v) is 2.49. The summed E-state index contributed by atoms with van der Waals surface area (Å²) in [7, 11) is 3.33. The van der Waals surface area contributed by atoms with Gasteiger partial charge in [-0.05, 0) is 37.0 Å². The Labute approximate surface area is 118 Å². The topological polar surface area (TPSA) is 55.6 Å². The van der Waals surface area contributed by atoms with Crippen LogP contribution in [0.2, 0.25) is 5.02 Å². The van der Waals surface area contributed by atoms with E-state index in [4.69, 9.17) is 22.1 Å². The van der Waals surface area contributed by atoms with Gasteiger partial charge in [0.25, 0.3) is 5.91 Å². The maximum absolute atomic E-state index is 12.5. The van der Waals surface area contributed by atoms with Gasteiger partial charge in [0.1, 0.15) is 5.75 Å². The standard InChI is InChI=1S/C14H19ClN2O2/c1-17(12(8-16)9-3-4-9)14(18)11-6-5-10(15)7-13(11)19-2/h5-7,9,12H,3-4,8,16H2,1-2H3. The second kappa shape index (κ2) is 5.80. The Morgan fingerprint density at radius 1 is 1.58 bits per heavy atom. The van der Waals surface area contributed by atoms with Gasteiger partial charge in [-0.15, -0.1) is 0 Å². The molecule has 1 aliphatic carbocycles. The normalized spacial score (nSPS) is 16.0. The Bertz CT molecular complexity index is 475. The van der Waals surface area contributed by atoms with Crippen LogP contribution < -0.4 is 10.5 Å². The molecule has 0 heterocycles. The second-order valence-corrected chi connectivity index (χ2v) is 5.34. The summed E-state index contributed by atoms with van der Waals surface area (Å²) in [5, 5.41) is 0.550. The van der Waals surface area contributed by atoms with Crippen LogP contribution in [0.3, 0.4) is 0 Å². The first-order chi connectivity index (χ1) is 9.08. The van der Waals surface area contributed by atoms with E-state index < -0.39 is 0 Å². The third-order valence-corrected chi connectivity index (χ3v) is 3.85. The summed E-state index contributed by atoms with van der Waals surface area (Å²) in [5.74, 6) is 0.962. The molecular formula is C14H19ClN2O2. The molecule has 4 nitrogen and oxygen atoms in total. The molecule has 0 radical (unpaired) electrons. The van der Waals surface area contributed by atoms with Crippen LogP contribution in [0.25, 0.3) is 0 Å². The molecule has 1 atom stereocenters. The molecule has 0 aliphatic heterocycles. The van der Waals surface area contributed by atoms with Crippen molar-refractivity contribution in [2.45, 2.75) is 18.9 Å². The van der Waals surface area contributed by atoms with E-state index in [2.05, 4.69) is 0 Å². The Hall–Kier alpha value is -1.26. The number of rotatable bonds is 5. The van der Waals surface area contributed by atoms with Crippen LogP contribution in [-0.4, -0.2) is 37.6 Å². The van der Waals surface area contributed by atoms with Crippen molar-refractivity contribution in [2.24, 2.45) is 11.7 Å². The number of halogens is 1. The first kappa shape index (κ1) is 14.2. The van der Waals surface area contributed by atoms with Crippen molar-refractivity contribution in [3.05, 3.63) is 28.8 Å². The van der Waals surface area contributed by atoms with E-state index in [1.54, 1.807) is 30.1 Å². The first-order valence-corrected chi connectivity index (χ1v) is 6.77. The van der Waals surface area contributed by atoms with Crippen LogP contribution in [0.5, 0.6) is 5.75 Å². The monoisotopic (exact) mass is 282 g/mol. The van der Waals surface area contributed by atoms with Crippen molar-refractivity contribution in [1.82, 2.24) is 4.90 Å². The van der Waals surface area contributed by atoms with Gasteiger partial charge in [-0.2, -0.15) is 0 Å². The number of amides is 1. The number of methoxy groups -OCH3 is 1. The fourth-order valence-electron chi connectivity index (χ4n) is 2.33. The number of benzene rings is 1. The zero-order valence-corrected chi connectivity index (χ0v) is 12.0. The van der Waals surface area contributed by atoms with E-state index in [9.17, 15) is 4.79 Å². The average Bonchev–Trinajstić information content (AvgIpc) is 3.23. The molecule has 1 amide bonds. The molecule has 0 saturated heterocycles. The molecule has 0 bridgehead atoms. The van der Waals surface area contributed by atoms with Gasteiger partial charge in [-0.3, -0.25) is 4.79 Å². The van der Waals surface area contributed by atoms with Crippen molar-refractivity contribution in [3.63, 3.8) is 0 Å². The number of likely N-dealkylation sites (N-methyl/N-ethyl adjacent to an activating group) is 1. The van der Waals surface area contributed by atoms with Crippen molar-refractivity contribution >= 4 is 17.5 Å². The molecule has 2 rings (SSSR count). The molecule has 104 valence electrons. The molecule has 0 spiro atoms. The van der Waals surface area contributed by atoms with Crippen molar-refractivity contribution in [3.8, 4) is 5.75 Å². The lowest BCUT2D eigenvalue weighted by Crippen LogP contribution is -2.43. The van der Waals surface area contributed by atoms with E-state index in [1.807, 2.05) is 0 Å². The largest absolute Gasteiger partial charge is 0.496 e. The first-order valence-electron chi connectivity index (χ1n) is 6.39. The van der Waals surface area contributed by atoms with Gasteiger partial charge < -0.3 is 15.4 Å². The van der Waals surface area contributed by atoms with E-state index in [0.717, 1.165) is 12.8 Å². The molecule has 1 aliphatic rings. The lowest BCUT2D eigenvalue weighted by atomic mass is 10.1. The second-order valence-electron chi connectivity index (χ2n) is 4.90. The number of hydrogen-bond acceptors (Lipinski definition) is 3. The van der Waals surface area contributed by atoms with Crippen LogP contribution in [0.1, 0.15) is 23.2 Å². The number of ether oxygens (including phenoxy) is 1. The molecule has 5 heteroatoms. The molecule has 2 N–H and O–H groups in total. The van der Waals surface area contributed by atoms with E-state index in [0.29, 0.717) is 28.8 Å². The number of carbonyl (C=O) groups excluding carboxylic acids is 1. The highest BCUT2D eigenvalue weighted by Gasteiger charge is 2.35. The number of hydrogen-bond donors (Lipinski definition) is 1. The maximum atomic E-state index is 12.5. The predicted molar refractivity (Wildman–Crippen MR) is 75.7 cm³/mol. The number of carbonyl (C=O) groups is 1. The van der Waals surface area contributed by atoms with Crippen LogP contribution in [0.15, 0.2) is 18.2 Å². The van der Waals surface area contributed by atoms with Gasteiger partial charge in [-0.1, -0.05) is 11.6 Å². The SMILES string of the molecule is COc1cc(Cl)ccc1C(=O)N(C)C(CN)C1CC1. The molecule has 1 aromatic rings. The highest BCUT2D eigenvalue weighted by atomic mass is 35.5. The van der Waals surface area contributed by atoms with Crippen LogP contribution in [0.4, 0.5) is 0 Å². The molecule has 1 saturated carbocycles. The van der Waals surface area contributed by atoms with Gasteiger partial charge >= 0.3 is 0 Å². The summed E-state index contributed by atoms with van der Waals surface area (Å²) < 4.78 is 5.22. The van der Waals surface area contributed by atoms with Crippen LogP contribution >= 0.6 is 11.6 Å². The summed E-state index contributed by atoms with van der Waals surface area (Å²) in [5.41, 5.74) is 6.30. The smallest absolute Gasteiger partial charge is 0.257 e. The van der Waals surface area contributed by atoms with Crippen molar-refractivity contribution in [2.75, 3.05) is 20.7 Å². The highest BCUT2D eigenvalue weighted by molar-refractivity contribution is 6.30. The summed E-state index contributed by atoms with van der Waals surface area (Å²) in [6.07, 6.45) is 2.30. The van der Waals surface area contributed by atoms with E-state index >= 15 is 0 Å². The van der Waals surface area contributed by atoms with Crippen molar-refractivity contribution < 1.29 is 9.53 Å². The van der Waals surface area contributed by atoms with Gasteiger partial charge in [-0.25, -0.2) is 0 Å². The zero-order chi connectivity index (χ0) is 14.0. The number of nitrogens with zero attached hydrogens (tertiary/aromatic N) is 1. The van der Waals surface area contributed by atoms with Gasteiger partial charge in [0.15, 0.2) is 0 Å². The predicted octanol–water partition coefficient (Wildman–Crippen LogP) is 2.16. The Balaban J connectivity index is 2.22. The Kier molecular flexibility index (Phi) is 4.32. The molecular weight excluding hydrogens is 264 g/mol. The van der Waals surface area contributed by atoms with Crippen molar-refractivity contribution in [1.29, 1.82) is 0 Å². The van der Waals surface area contributed by atoms with Gasteiger partial charge in [0.2, 0.25) is 0 Å². The maximum Gasteiger partial charge on any atom is 0.257 e. The molecule has 0 aromatic heterocycles. The average molecular weight is 283 g/mol. The third kappa shape index (κ3) is 3.01. The molecule has 1 unspecified atom stereocenters. The van der Waals surface area contributed by atoms with E-state index in [1.165, 1.54) is 7.11 Å². The lowest BCUT2D eigenvalue weighted by Gasteiger charge is -2.27. The quantitative estimate of drug-likeness (QED) is 0.900. The van der Waals surface area contributed by atoms with E-state index in [-0.39, 0.29) is 11.9 Å². The minimum atomic E-state index is -0.0733. The molecule has 1 fully saturated rings. The summed E-state index contributed by atoms with van der Waals surface area (Å²) >= 11 is 5.91. The minimum Gasteiger partial charge on any atom is -0.496 e. The van der Waals surface area contributed by atoms with Gasteiger partial charge in [0.05, 0.1) is 12.7 Å². The van der Waals surface area contributed by atoms with Crippen LogP contribution in [0, 0.1) is 5.92 Å². The summed E-state index contributed by atoms with van der Waals surface area (Å²) in [6.45, 7) is 0.489. The third-order valence-electron chi connectivity index (χ3n) is 3.62. The Morgan fingerprint density at radius 2 is 2.26 bits per heavy atom. The lowest BCUT2D eigenvalue weighted by molar-refractivity contribution is 0.0715. The molecule has 1 aromatic carbocycles.